The molecular weight excluding hydrogens is 434 g/mol. The van der Waals surface area contributed by atoms with Crippen LogP contribution in [0, 0.1) is 0 Å². The number of amides is 1. The van der Waals surface area contributed by atoms with Crippen LogP contribution >= 0.6 is 27.3 Å². The molecule has 2 aromatic heterocycles. The summed E-state index contributed by atoms with van der Waals surface area (Å²) in [5.41, 5.74) is -0.372. The number of aromatic nitrogens is 1. The van der Waals surface area contributed by atoms with Crippen LogP contribution in [0.1, 0.15) is 9.67 Å². The van der Waals surface area contributed by atoms with Crippen LogP contribution in [-0.2, 0) is 14.8 Å². The fraction of sp³-hybridized carbons (Fsp3) is 0.286. The maximum Gasteiger partial charge on any atom is 0.267 e. The molecule has 1 aliphatic heterocycles. The number of pyridine rings is 1. The number of morpholine rings is 1. The van der Waals surface area contributed by atoms with Crippen LogP contribution in [0.2, 0.25) is 0 Å². The third kappa shape index (κ3) is 3.70. The third-order valence-electron chi connectivity index (χ3n) is 3.57. The van der Waals surface area contributed by atoms with Gasteiger partial charge in [0.2, 0.25) is 15.5 Å². The van der Waals surface area contributed by atoms with Gasteiger partial charge in [0, 0.05) is 25.5 Å². The first kappa shape index (κ1) is 18.3. The Balaban J connectivity index is 1.89. The van der Waals surface area contributed by atoms with Crippen molar-refractivity contribution in [2.24, 2.45) is 0 Å². The lowest BCUT2D eigenvalue weighted by Gasteiger charge is -2.26. The average Bonchev–Trinajstić information content (AvgIpc) is 3.10. The van der Waals surface area contributed by atoms with E-state index in [0.29, 0.717) is 13.2 Å². The summed E-state index contributed by atoms with van der Waals surface area (Å²) in [5.74, 6) is -0.648. The van der Waals surface area contributed by atoms with Gasteiger partial charge >= 0.3 is 0 Å². The number of sulfonamides is 1. The summed E-state index contributed by atoms with van der Waals surface area (Å²) in [5, 5.41) is 3.99. The van der Waals surface area contributed by atoms with Crippen molar-refractivity contribution in [3.05, 3.63) is 43.4 Å². The molecule has 2 N–H and O–H groups in total. The first-order valence-corrected chi connectivity index (χ1v) is 10.4. The summed E-state index contributed by atoms with van der Waals surface area (Å²) in [6.45, 7) is 1.12. The van der Waals surface area contributed by atoms with Gasteiger partial charge in [-0.05, 0) is 27.4 Å². The number of halogens is 1. The largest absolute Gasteiger partial charge is 0.379 e. The van der Waals surface area contributed by atoms with Crippen LogP contribution in [0.4, 0.5) is 5.69 Å². The Kier molecular flexibility index (Phi) is 5.39. The molecule has 0 unspecified atom stereocenters. The zero-order valence-electron chi connectivity index (χ0n) is 12.8. The van der Waals surface area contributed by atoms with Crippen LogP contribution in [0.15, 0.2) is 38.0 Å². The summed E-state index contributed by atoms with van der Waals surface area (Å²) in [6, 6.07) is 1.40. The highest BCUT2D eigenvalue weighted by Gasteiger charge is 2.31. The lowest BCUT2D eigenvalue weighted by molar-refractivity contribution is 0.0730. The standard InChI is InChI=1S/C14H14BrN3O5S2/c15-9-7-16-8-10(12(9)19)17-14(20)13-11(1-6-24-13)25(21,22)18-2-4-23-5-3-18/h1,6-8H,2-5H2,(H,16,19)(H,17,20). The molecule has 1 aliphatic rings. The van der Waals surface area contributed by atoms with Gasteiger partial charge in [0.05, 0.1) is 17.7 Å². The van der Waals surface area contributed by atoms with E-state index in [1.165, 1.54) is 28.1 Å². The SMILES string of the molecule is O=C(Nc1c[nH]cc(Br)c1=O)c1sccc1S(=O)(=O)N1CCOCC1. The predicted molar refractivity (Wildman–Crippen MR) is 96.6 cm³/mol. The summed E-state index contributed by atoms with van der Waals surface area (Å²) in [4.78, 5) is 27.2. The Morgan fingerprint density at radius 2 is 2.04 bits per heavy atom. The van der Waals surface area contributed by atoms with Gasteiger partial charge in [0.25, 0.3) is 5.91 Å². The van der Waals surface area contributed by atoms with Gasteiger partial charge in [-0.1, -0.05) is 0 Å². The Hall–Kier alpha value is -1.53. The minimum atomic E-state index is -3.80. The summed E-state index contributed by atoms with van der Waals surface area (Å²) in [7, 11) is -3.80. The molecule has 1 fully saturated rings. The monoisotopic (exact) mass is 447 g/mol. The maximum absolute atomic E-state index is 12.8. The molecule has 25 heavy (non-hydrogen) atoms. The maximum atomic E-state index is 12.8. The van der Waals surface area contributed by atoms with Gasteiger partial charge in [0.15, 0.2) is 0 Å². The normalized spacial score (nSPS) is 15.9. The highest BCUT2D eigenvalue weighted by Crippen LogP contribution is 2.26. The van der Waals surface area contributed by atoms with Crippen LogP contribution in [-0.4, -0.2) is 49.9 Å². The second-order valence-corrected chi connectivity index (χ2v) is 8.81. The number of hydrogen-bond donors (Lipinski definition) is 2. The van der Waals surface area contributed by atoms with Crippen LogP contribution in [0.3, 0.4) is 0 Å². The quantitative estimate of drug-likeness (QED) is 0.737. The summed E-state index contributed by atoms with van der Waals surface area (Å²) in [6.07, 6.45) is 2.78. The summed E-state index contributed by atoms with van der Waals surface area (Å²) >= 11 is 4.08. The molecular formula is C14H14BrN3O5S2. The minimum absolute atomic E-state index is 0.0301. The van der Waals surface area contributed by atoms with Crippen molar-refractivity contribution in [3.63, 3.8) is 0 Å². The smallest absolute Gasteiger partial charge is 0.267 e. The number of carbonyl (C=O) groups is 1. The number of aromatic amines is 1. The minimum Gasteiger partial charge on any atom is -0.379 e. The molecule has 0 radical (unpaired) electrons. The molecule has 2 aromatic rings. The number of nitrogens with one attached hydrogen (secondary N) is 2. The van der Waals surface area contributed by atoms with E-state index in [1.54, 1.807) is 0 Å². The molecule has 8 nitrogen and oxygen atoms in total. The summed E-state index contributed by atoms with van der Waals surface area (Å²) < 4.78 is 32.3. The molecule has 3 rings (SSSR count). The van der Waals surface area contributed by atoms with Gasteiger partial charge in [-0.2, -0.15) is 4.31 Å². The van der Waals surface area contributed by atoms with E-state index in [2.05, 4.69) is 26.2 Å². The van der Waals surface area contributed by atoms with Crippen molar-refractivity contribution in [2.45, 2.75) is 4.90 Å². The molecule has 0 aromatic carbocycles. The second-order valence-electron chi connectivity index (χ2n) is 5.13. The van der Waals surface area contributed by atoms with E-state index < -0.39 is 21.4 Å². The molecule has 0 spiro atoms. The number of rotatable bonds is 4. The van der Waals surface area contributed by atoms with E-state index in [9.17, 15) is 18.0 Å². The van der Waals surface area contributed by atoms with Crippen molar-refractivity contribution in [1.82, 2.24) is 9.29 Å². The topological polar surface area (TPSA) is 109 Å². The van der Waals surface area contributed by atoms with Gasteiger partial charge in [-0.3, -0.25) is 9.59 Å². The number of H-pyrrole nitrogens is 1. The number of thiophene rings is 1. The van der Waals surface area contributed by atoms with Crippen molar-refractivity contribution in [3.8, 4) is 0 Å². The van der Waals surface area contributed by atoms with Gasteiger partial charge in [-0.15, -0.1) is 11.3 Å². The van der Waals surface area contributed by atoms with E-state index in [0.717, 1.165) is 11.3 Å². The van der Waals surface area contributed by atoms with Crippen LogP contribution < -0.4 is 10.7 Å². The molecule has 11 heteroatoms. The first-order chi connectivity index (χ1) is 11.9. The Morgan fingerprint density at radius 1 is 1.32 bits per heavy atom. The molecule has 1 amide bonds. The first-order valence-electron chi connectivity index (χ1n) is 7.24. The van der Waals surface area contributed by atoms with Gasteiger partial charge in [0.1, 0.15) is 15.5 Å². The molecule has 134 valence electrons. The zero-order chi connectivity index (χ0) is 18.0. The Bertz CT molecular complexity index is 947. The molecule has 0 bridgehead atoms. The molecule has 1 saturated heterocycles. The van der Waals surface area contributed by atoms with Crippen molar-refractivity contribution < 1.29 is 17.9 Å². The third-order valence-corrected chi connectivity index (χ3v) is 7.14. The number of anilines is 1. The fourth-order valence-electron chi connectivity index (χ4n) is 2.32. The van der Waals surface area contributed by atoms with Crippen LogP contribution in [0.5, 0.6) is 0 Å². The van der Waals surface area contributed by atoms with E-state index >= 15 is 0 Å². The van der Waals surface area contributed by atoms with Crippen LogP contribution in [0.25, 0.3) is 0 Å². The number of nitrogens with zero attached hydrogens (tertiary/aromatic N) is 1. The van der Waals surface area contributed by atoms with Gasteiger partial charge in [-0.25, -0.2) is 8.42 Å². The average molecular weight is 448 g/mol. The number of carbonyl (C=O) groups excluding carboxylic acids is 1. The number of ether oxygens (including phenoxy) is 1. The van der Waals surface area contributed by atoms with Crippen molar-refractivity contribution in [1.29, 1.82) is 0 Å². The number of hydrogen-bond acceptors (Lipinski definition) is 6. The predicted octanol–water partition coefficient (Wildman–Crippen LogP) is 1.47. The molecule has 3 heterocycles. The molecule has 0 aliphatic carbocycles. The Labute approximate surface area is 156 Å². The van der Waals surface area contributed by atoms with Crippen molar-refractivity contribution >= 4 is 48.9 Å². The Morgan fingerprint density at radius 3 is 2.76 bits per heavy atom. The van der Waals surface area contributed by atoms with Gasteiger partial charge < -0.3 is 15.0 Å². The van der Waals surface area contributed by atoms with E-state index in [1.807, 2.05) is 0 Å². The zero-order valence-corrected chi connectivity index (χ0v) is 16.0. The lowest BCUT2D eigenvalue weighted by Crippen LogP contribution is -2.41. The van der Waals surface area contributed by atoms with E-state index in [-0.39, 0.29) is 33.0 Å². The highest BCUT2D eigenvalue weighted by atomic mass is 79.9. The molecule has 0 saturated carbocycles. The molecule has 0 atom stereocenters. The fourth-order valence-corrected chi connectivity index (χ4v) is 5.37. The highest BCUT2D eigenvalue weighted by molar-refractivity contribution is 9.10. The van der Waals surface area contributed by atoms with Crippen molar-refractivity contribution in [2.75, 3.05) is 31.6 Å². The second kappa shape index (κ2) is 7.38. The van der Waals surface area contributed by atoms with E-state index in [4.69, 9.17) is 4.74 Å². The lowest BCUT2D eigenvalue weighted by atomic mass is 10.3.